The summed E-state index contributed by atoms with van der Waals surface area (Å²) in [6, 6.07) is 5.19. The number of aromatic nitrogens is 1. The van der Waals surface area contributed by atoms with Crippen LogP contribution in [0.4, 0.5) is 4.79 Å². The molecular weight excluding hydrogens is 560 g/mol. The summed E-state index contributed by atoms with van der Waals surface area (Å²) in [5.41, 5.74) is -0.528. The molecule has 0 unspecified atom stereocenters. The van der Waals surface area contributed by atoms with E-state index in [0.29, 0.717) is 0 Å². The van der Waals surface area contributed by atoms with Crippen molar-refractivity contribution in [3.05, 3.63) is 47.7 Å². The summed E-state index contributed by atoms with van der Waals surface area (Å²) < 4.78 is 7.53. The molecule has 10 nitrogen and oxygen atoms in total. The third-order valence-corrected chi connectivity index (χ3v) is 7.87. The van der Waals surface area contributed by atoms with E-state index in [4.69, 9.17) is 4.74 Å². The van der Waals surface area contributed by atoms with E-state index in [9.17, 15) is 24.3 Å². The Bertz CT molecular complexity index is 1410. The largest absolute Gasteiger partial charge is 0.478 e. The highest BCUT2D eigenvalue weighted by Gasteiger charge is 2.44. The Labute approximate surface area is 262 Å². The van der Waals surface area contributed by atoms with Crippen molar-refractivity contribution in [2.24, 2.45) is 18.4 Å². The van der Waals surface area contributed by atoms with Crippen LogP contribution in [-0.4, -0.2) is 69.2 Å². The molecule has 0 bridgehead atoms. The molecule has 0 radical (unpaired) electrons. The number of likely N-dealkylation sites (N-methyl/N-ethyl adjacent to an activating group) is 1. The van der Waals surface area contributed by atoms with E-state index in [-0.39, 0.29) is 17.4 Å². The van der Waals surface area contributed by atoms with E-state index in [1.165, 1.54) is 11.8 Å². The Morgan fingerprint density at radius 2 is 1.52 bits per heavy atom. The lowest BCUT2D eigenvalue weighted by Crippen LogP contribution is -2.63. The summed E-state index contributed by atoms with van der Waals surface area (Å²) in [4.78, 5) is 54.5. The molecule has 44 heavy (non-hydrogen) atoms. The fourth-order valence-corrected chi connectivity index (χ4v) is 5.31. The maximum atomic E-state index is 14.3. The van der Waals surface area contributed by atoms with Crippen molar-refractivity contribution in [3.63, 3.8) is 0 Å². The number of hydrogen-bond donors (Lipinski definition) is 3. The predicted molar refractivity (Wildman–Crippen MR) is 173 cm³/mol. The van der Waals surface area contributed by atoms with E-state index < -0.39 is 52.5 Å². The second-order valence-electron chi connectivity index (χ2n) is 14.6. The zero-order valence-corrected chi connectivity index (χ0v) is 28.7. The summed E-state index contributed by atoms with van der Waals surface area (Å²) in [6.07, 6.45) is 2.76. The minimum atomic E-state index is -1.12. The number of benzene rings is 1. The summed E-state index contributed by atoms with van der Waals surface area (Å²) in [6.45, 7) is 19.8. The van der Waals surface area contributed by atoms with Crippen LogP contribution in [0.25, 0.3) is 10.9 Å². The van der Waals surface area contributed by atoms with Gasteiger partial charge in [0, 0.05) is 42.2 Å². The molecule has 1 aromatic carbocycles. The molecule has 0 spiro atoms. The van der Waals surface area contributed by atoms with Gasteiger partial charge in [-0.05, 0) is 50.7 Å². The first kappa shape index (κ1) is 36.4. The lowest BCUT2D eigenvalue weighted by Gasteiger charge is -2.40. The molecule has 0 aliphatic rings. The number of para-hydroxylation sites is 1. The van der Waals surface area contributed by atoms with Crippen LogP contribution in [0.2, 0.25) is 0 Å². The molecular formula is C34H52N4O6. The number of nitrogens with one attached hydrogen (secondary N) is 2. The highest BCUT2D eigenvalue weighted by Crippen LogP contribution is 2.35. The van der Waals surface area contributed by atoms with Crippen LogP contribution in [0.15, 0.2) is 42.1 Å². The second kappa shape index (κ2) is 13.4. The average molecular weight is 613 g/mol. The number of nitrogens with zero attached hydrogens (tertiary/aromatic N) is 2. The number of fused-ring (bicyclic) bond motifs is 1. The van der Waals surface area contributed by atoms with Gasteiger partial charge in [-0.25, -0.2) is 9.59 Å². The Kier molecular flexibility index (Phi) is 11.1. The Morgan fingerprint density at radius 3 is 2.02 bits per heavy atom. The monoisotopic (exact) mass is 612 g/mol. The summed E-state index contributed by atoms with van der Waals surface area (Å²) in [5, 5.41) is 16.2. The van der Waals surface area contributed by atoms with Gasteiger partial charge in [-0.15, -0.1) is 0 Å². The minimum absolute atomic E-state index is 0.0959. The summed E-state index contributed by atoms with van der Waals surface area (Å²) >= 11 is 0. The standard InChI is InChI=1S/C34H52N4O6/c1-20(2)25(18-21(3)30(41)42)38(13)29(40)27(32(4,5)6)35-28(39)26(36-31(43)44-33(7,8)9)34(10,11)23-19-37(12)24-17-15-14-16-22(23)24/h14-20,25-27H,1-13H3,(H,35,39)(H,36,43)(H,41,42)/b21-18+/t25-,26-,27-/m1/s1. The van der Waals surface area contributed by atoms with Crippen molar-refractivity contribution in [1.29, 1.82) is 0 Å². The van der Waals surface area contributed by atoms with Crippen LogP contribution in [-0.2, 0) is 31.6 Å². The third-order valence-electron chi connectivity index (χ3n) is 7.87. The highest BCUT2D eigenvalue weighted by molar-refractivity contribution is 5.94. The molecule has 0 aliphatic carbocycles. The summed E-state index contributed by atoms with van der Waals surface area (Å²) in [7, 11) is 3.54. The van der Waals surface area contributed by atoms with Crippen molar-refractivity contribution in [1.82, 2.24) is 20.1 Å². The van der Waals surface area contributed by atoms with Crippen molar-refractivity contribution in [2.45, 2.75) is 105 Å². The van der Waals surface area contributed by atoms with Crippen molar-refractivity contribution >= 4 is 34.8 Å². The predicted octanol–water partition coefficient (Wildman–Crippen LogP) is 5.39. The number of carboxylic acid groups (broad SMARTS) is 1. The fourth-order valence-electron chi connectivity index (χ4n) is 5.31. The Hall–Kier alpha value is -3.82. The number of aliphatic carboxylic acids is 1. The fraction of sp³-hybridized carbons (Fsp3) is 0.588. The number of rotatable bonds is 10. The van der Waals surface area contributed by atoms with Crippen LogP contribution in [0.3, 0.4) is 0 Å². The molecule has 1 aromatic heterocycles. The molecule has 2 rings (SSSR count). The molecule has 0 fully saturated rings. The number of ether oxygens (including phenoxy) is 1. The molecule has 3 atom stereocenters. The Balaban J connectivity index is 2.60. The van der Waals surface area contributed by atoms with E-state index in [0.717, 1.165) is 16.5 Å². The second-order valence-corrected chi connectivity index (χ2v) is 14.6. The molecule has 3 amide bonds. The smallest absolute Gasteiger partial charge is 0.408 e. The van der Waals surface area contributed by atoms with Crippen LogP contribution < -0.4 is 10.6 Å². The van der Waals surface area contributed by atoms with E-state index >= 15 is 0 Å². The van der Waals surface area contributed by atoms with Gasteiger partial charge < -0.3 is 29.9 Å². The van der Waals surface area contributed by atoms with Crippen molar-refractivity contribution in [2.75, 3.05) is 7.05 Å². The van der Waals surface area contributed by atoms with Gasteiger partial charge in [-0.3, -0.25) is 9.59 Å². The minimum Gasteiger partial charge on any atom is -0.478 e. The zero-order chi connectivity index (χ0) is 33.9. The van der Waals surface area contributed by atoms with Gasteiger partial charge in [0.1, 0.15) is 17.7 Å². The van der Waals surface area contributed by atoms with Crippen LogP contribution in [0.1, 0.15) is 81.7 Å². The van der Waals surface area contributed by atoms with Crippen LogP contribution in [0.5, 0.6) is 0 Å². The van der Waals surface area contributed by atoms with Gasteiger partial charge in [-0.2, -0.15) is 0 Å². The number of aryl methyl sites for hydroxylation is 1. The van der Waals surface area contributed by atoms with Crippen LogP contribution >= 0.6 is 0 Å². The normalized spacial score (nSPS) is 15.0. The molecule has 2 aromatic rings. The van der Waals surface area contributed by atoms with E-state index in [2.05, 4.69) is 10.6 Å². The third kappa shape index (κ3) is 8.64. The number of carbonyl (C=O) groups is 4. The number of carboxylic acids is 1. The molecule has 0 aliphatic heterocycles. The SMILES string of the molecule is C/C(=C\[C@H](C(C)C)N(C)C(=O)[C@@H](NC(=O)[C@@H](NC(=O)OC(C)(C)C)C(C)(C)c1cn(C)c2ccccc12)C(C)(C)C)C(=O)O. The number of hydrogen-bond acceptors (Lipinski definition) is 5. The Morgan fingerprint density at radius 1 is 0.955 bits per heavy atom. The van der Waals surface area contributed by atoms with Crippen LogP contribution in [0, 0.1) is 11.3 Å². The van der Waals surface area contributed by atoms with E-state index in [1.54, 1.807) is 33.9 Å². The van der Waals surface area contributed by atoms with Gasteiger partial charge in [0.15, 0.2) is 0 Å². The van der Waals surface area contributed by atoms with Gasteiger partial charge in [-0.1, -0.05) is 72.7 Å². The molecule has 1 heterocycles. The lowest BCUT2D eigenvalue weighted by atomic mass is 9.76. The van der Waals surface area contributed by atoms with Crippen molar-refractivity contribution < 1.29 is 29.0 Å². The zero-order valence-electron chi connectivity index (χ0n) is 28.7. The number of carbonyl (C=O) groups excluding carboxylic acids is 3. The first-order valence-corrected chi connectivity index (χ1v) is 15.0. The van der Waals surface area contributed by atoms with E-state index in [1.807, 2.05) is 90.5 Å². The van der Waals surface area contributed by atoms with Gasteiger partial charge in [0.05, 0.1) is 6.04 Å². The average Bonchev–Trinajstić information content (AvgIpc) is 3.23. The molecule has 3 N–H and O–H groups in total. The van der Waals surface area contributed by atoms with Gasteiger partial charge in [0.25, 0.3) is 0 Å². The molecule has 0 saturated carbocycles. The highest BCUT2D eigenvalue weighted by atomic mass is 16.6. The number of alkyl carbamates (subject to hydrolysis) is 1. The maximum Gasteiger partial charge on any atom is 0.408 e. The summed E-state index contributed by atoms with van der Waals surface area (Å²) in [5.74, 6) is -2.09. The first-order chi connectivity index (χ1) is 20.0. The molecule has 0 saturated heterocycles. The van der Waals surface area contributed by atoms with Crippen molar-refractivity contribution in [3.8, 4) is 0 Å². The molecule has 244 valence electrons. The molecule has 10 heteroatoms. The quantitative estimate of drug-likeness (QED) is 0.309. The lowest BCUT2D eigenvalue weighted by molar-refractivity contribution is -0.141. The van der Waals surface area contributed by atoms with Gasteiger partial charge in [0.2, 0.25) is 11.8 Å². The van der Waals surface area contributed by atoms with Gasteiger partial charge >= 0.3 is 12.1 Å². The maximum absolute atomic E-state index is 14.3. The first-order valence-electron chi connectivity index (χ1n) is 15.0. The number of amides is 3. The topological polar surface area (TPSA) is 130 Å².